The first-order chi connectivity index (χ1) is 10.1. The maximum absolute atomic E-state index is 13.8. The van der Waals surface area contributed by atoms with E-state index in [4.69, 9.17) is 0 Å². The van der Waals surface area contributed by atoms with Crippen LogP contribution in [0.15, 0.2) is 24.3 Å². The van der Waals surface area contributed by atoms with Crippen LogP contribution in [0.5, 0.6) is 0 Å². The van der Waals surface area contributed by atoms with E-state index in [0.29, 0.717) is 11.1 Å². The predicted octanol–water partition coefficient (Wildman–Crippen LogP) is 2.14. The van der Waals surface area contributed by atoms with Crippen LogP contribution in [0, 0.1) is 5.82 Å². The predicted molar refractivity (Wildman–Crippen MR) is 80.9 cm³/mol. The molecule has 0 atom stereocenters. The van der Waals surface area contributed by atoms with Gasteiger partial charge in [0.1, 0.15) is 11.5 Å². The lowest BCUT2D eigenvalue weighted by Gasteiger charge is -2.29. The average molecular weight is 289 g/mol. The molecule has 0 spiro atoms. The molecule has 1 fully saturated rings. The molecule has 112 valence electrons. The first kappa shape index (κ1) is 14.1. The summed E-state index contributed by atoms with van der Waals surface area (Å²) in [5.41, 5.74) is 1.25. The van der Waals surface area contributed by atoms with E-state index >= 15 is 0 Å². The van der Waals surface area contributed by atoms with Gasteiger partial charge < -0.3 is 14.8 Å². The molecule has 0 bridgehead atoms. The third-order valence-electron chi connectivity index (χ3n) is 4.32. The molecule has 21 heavy (non-hydrogen) atoms. The van der Waals surface area contributed by atoms with Crippen LogP contribution in [0.4, 0.5) is 4.39 Å². The third kappa shape index (κ3) is 2.65. The molecule has 2 heterocycles. The van der Waals surface area contributed by atoms with Crippen molar-refractivity contribution in [1.82, 2.24) is 14.8 Å². The van der Waals surface area contributed by atoms with Gasteiger partial charge in [-0.1, -0.05) is 6.07 Å². The van der Waals surface area contributed by atoms with Crippen LogP contribution >= 0.6 is 0 Å². The van der Waals surface area contributed by atoms with Gasteiger partial charge in [0.25, 0.3) is 5.91 Å². The minimum atomic E-state index is -0.290. The second-order valence-corrected chi connectivity index (χ2v) is 5.81. The lowest BCUT2D eigenvalue weighted by atomic mass is 10.1. The molecule has 0 saturated carbocycles. The molecule has 3 rings (SSSR count). The number of piperidine rings is 1. The number of carbonyl (C=O) groups is 1. The first-order valence-electron chi connectivity index (χ1n) is 7.29. The van der Waals surface area contributed by atoms with Crippen LogP contribution in [0.25, 0.3) is 10.9 Å². The van der Waals surface area contributed by atoms with Gasteiger partial charge in [0.05, 0.1) is 5.52 Å². The van der Waals surface area contributed by atoms with E-state index in [0.717, 1.165) is 31.4 Å². The molecule has 2 aromatic rings. The molecule has 1 aliphatic rings. The summed E-state index contributed by atoms with van der Waals surface area (Å²) in [4.78, 5) is 14.7. The lowest BCUT2D eigenvalue weighted by Crippen LogP contribution is -2.43. The number of halogens is 1. The SMILES string of the molecule is CN1CCC(NC(=O)c2cc3c(F)cccc3n2C)CC1. The number of fused-ring (bicyclic) bond motifs is 1. The summed E-state index contributed by atoms with van der Waals surface area (Å²) in [7, 11) is 3.88. The number of nitrogens with zero attached hydrogens (tertiary/aromatic N) is 2. The highest BCUT2D eigenvalue weighted by Gasteiger charge is 2.21. The fourth-order valence-electron chi connectivity index (χ4n) is 2.95. The monoisotopic (exact) mass is 289 g/mol. The highest BCUT2D eigenvalue weighted by molar-refractivity contribution is 5.99. The molecule has 5 heteroatoms. The van der Waals surface area contributed by atoms with Gasteiger partial charge in [-0.15, -0.1) is 0 Å². The van der Waals surface area contributed by atoms with Gasteiger partial charge >= 0.3 is 0 Å². The maximum Gasteiger partial charge on any atom is 0.268 e. The number of hydrogen-bond donors (Lipinski definition) is 1. The van der Waals surface area contributed by atoms with Crippen LogP contribution in [0.1, 0.15) is 23.3 Å². The lowest BCUT2D eigenvalue weighted by molar-refractivity contribution is 0.0909. The Hall–Kier alpha value is -1.88. The van der Waals surface area contributed by atoms with Gasteiger partial charge in [-0.2, -0.15) is 0 Å². The van der Waals surface area contributed by atoms with Gasteiger partial charge in [0, 0.05) is 18.5 Å². The van der Waals surface area contributed by atoms with Crippen LogP contribution in [-0.2, 0) is 7.05 Å². The van der Waals surface area contributed by atoms with E-state index in [2.05, 4.69) is 17.3 Å². The number of hydrogen-bond acceptors (Lipinski definition) is 2. The topological polar surface area (TPSA) is 37.3 Å². The summed E-state index contributed by atoms with van der Waals surface area (Å²) >= 11 is 0. The van der Waals surface area contributed by atoms with Crippen molar-refractivity contribution in [3.8, 4) is 0 Å². The van der Waals surface area contributed by atoms with Crippen molar-refractivity contribution in [3.63, 3.8) is 0 Å². The van der Waals surface area contributed by atoms with Crippen molar-refractivity contribution in [2.45, 2.75) is 18.9 Å². The second-order valence-electron chi connectivity index (χ2n) is 5.81. The Labute approximate surface area is 123 Å². The van der Waals surface area contributed by atoms with Crippen molar-refractivity contribution in [2.24, 2.45) is 7.05 Å². The minimum Gasteiger partial charge on any atom is -0.348 e. The molecule has 0 radical (unpaired) electrons. The molecule has 0 aliphatic carbocycles. The molecule has 1 N–H and O–H groups in total. The zero-order chi connectivity index (χ0) is 15.0. The molecule has 1 saturated heterocycles. The molecular formula is C16H20FN3O. The van der Waals surface area contributed by atoms with E-state index in [1.807, 2.05) is 6.07 Å². The molecule has 4 nitrogen and oxygen atoms in total. The average Bonchev–Trinajstić information content (AvgIpc) is 2.81. The van der Waals surface area contributed by atoms with Crippen LogP contribution < -0.4 is 5.32 Å². The number of nitrogens with one attached hydrogen (secondary N) is 1. The van der Waals surface area contributed by atoms with Gasteiger partial charge in [-0.05, 0) is 51.2 Å². The van der Waals surface area contributed by atoms with E-state index in [1.54, 1.807) is 23.7 Å². The Morgan fingerprint density at radius 3 is 2.67 bits per heavy atom. The molecule has 1 aliphatic heterocycles. The number of aromatic nitrogens is 1. The fourth-order valence-corrected chi connectivity index (χ4v) is 2.95. The van der Waals surface area contributed by atoms with Crippen molar-refractivity contribution in [3.05, 3.63) is 35.8 Å². The number of carbonyl (C=O) groups excluding carboxylic acids is 1. The normalized spacial score (nSPS) is 17.3. The summed E-state index contributed by atoms with van der Waals surface area (Å²) in [6.07, 6.45) is 1.92. The van der Waals surface area contributed by atoms with Crippen LogP contribution in [-0.4, -0.2) is 41.6 Å². The van der Waals surface area contributed by atoms with E-state index in [1.165, 1.54) is 6.07 Å². The Balaban J connectivity index is 1.82. The fraction of sp³-hybridized carbons (Fsp3) is 0.438. The summed E-state index contributed by atoms with van der Waals surface area (Å²) in [6.45, 7) is 1.99. The minimum absolute atomic E-state index is 0.123. The molecule has 1 aromatic carbocycles. The summed E-state index contributed by atoms with van der Waals surface area (Å²) in [5, 5.41) is 3.56. The number of amides is 1. The highest BCUT2D eigenvalue weighted by atomic mass is 19.1. The standard InChI is InChI=1S/C16H20FN3O/c1-19-8-6-11(7-9-19)18-16(21)15-10-12-13(17)4-3-5-14(12)20(15)2/h3-5,10-11H,6-9H2,1-2H3,(H,18,21). The maximum atomic E-state index is 13.8. The molecule has 0 unspecified atom stereocenters. The van der Waals surface area contributed by atoms with Crippen molar-refractivity contribution >= 4 is 16.8 Å². The third-order valence-corrected chi connectivity index (χ3v) is 4.32. The summed E-state index contributed by atoms with van der Waals surface area (Å²) in [6, 6.07) is 6.74. The Morgan fingerprint density at radius 1 is 1.29 bits per heavy atom. The zero-order valence-electron chi connectivity index (χ0n) is 12.4. The van der Waals surface area contributed by atoms with Gasteiger partial charge in [0.2, 0.25) is 0 Å². The summed E-state index contributed by atoms with van der Waals surface area (Å²) in [5.74, 6) is -0.413. The molecular weight excluding hydrogens is 269 g/mol. The molecule has 1 amide bonds. The molecule has 1 aromatic heterocycles. The number of likely N-dealkylation sites (tertiary alicyclic amines) is 1. The quantitative estimate of drug-likeness (QED) is 0.919. The summed E-state index contributed by atoms with van der Waals surface area (Å²) < 4.78 is 15.5. The Morgan fingerprint density at radius 2 is 2.00 bits per heavy atom. The first-order valence-corrected chi connectivity index (χ1v) is 7.29. The van der Waals surface area contributed by atoms with Crippen molar-refractivity contribution < 1.29 is 9.18 Å². The van der Waals surface area contributed by atoms with Crippen molar-refractivity contribution in [1.29, 1.82) is 0 Å². The van der Waals surface area contributed by atoms with Crippen molar-refractivity contribution in [2.75, 3.05) is 20.1 Å². The Bertz CT molecular complexity index is 671. The van der Waals surface area contributed by atoms with Gasteiger partial charge in [0.15, 0.2) is 0 Å². The largest absolute Gasteiger partial charge is 0.348 e. The van der Waals surface area contributed by atoms with Crippen LogP contribution in [0.2, 0.25) is 0 Å². The van der Waals surface area contributed by atoms with Crippen LogP contribution in [0.3, 0.4) is 0 Å². The van der Waals surface area contributed by atoms with E-state index in [9.17, 15) is 9.18 Å². The Kier molecular flexibility index (Phi) is 3.68. The van der Waals surface area contributed by atoms with Gasteiger partial charge in [-0.25, -0.2) is 4.39 Å². The smallest absolute Gasteiger partial charge is 0.268 e. The zero-order valence-corrected chi connectivity index (χ0v) is 12.4. The number of rotatable bonds is 2. The second kappa shape index (κ2) is 5.48. The van der Waals surface area contributed by atoms with E-state index in [-0.39, 0.29) is 17.8 Å². The highest BCUT2D eigenvalue weighted by Crippen LogP contribution is 2.22. The number of aryl methyl sites for hydroxylation is 1. The van der Waals surface area contributed by atoms with Gasteiger partial charge in [-0.3, -0.25) is 4.79 Å². The number of benzene rings is 1. The van der Waals surface area contributed by atoms with E-state index < -0.39 is 0 Å².